The molecular formula is C19H20Cl2N2O3. The minimum Gasteiger partial charge on any atom is -0.508 e. The third kappa shape index (κ3) is 6.24. The maximum Gasteiger partial charge on any atom is 0.244 e. The summed E-state index contributed by atoms with van der Waals surface area (Å²) in [6.45, 7) is 4.58. The molecule has 0 spiro atoms. The number of carbonyl (C=O) groups excluding carboxylic acids is 1. The minimum atomic E-state index is -0.277. The topological polar surface area (TPSA) is 70.9 Å². The zero-order valence-electron chi connectivity index (χ0n) is 14.5. The number of hydrogen-bond donors (Lipinski definition) is 2. The van der Waals surface area contributed by atoms with E-state index in [1.54, 1.807) is 24.3 Å². The summed E-state index contributed by atoms with van der Waals surface area (Å²) < 4.78 is 5.61. The van der Waals surface area contributed by atoms with E-state index in [0.29, 0.717) is 33.9 Å². The van der Waals surface area contributed by atoms with Crippen molar-refractivity contribution in [3.8, 4) is 11.5 Å². The van der Waals surface area contributed by atoms with Crippen molar-refractivity contribution < 1.29 is 14.6 Å². The zero-order chi connectivity index (χ0) is 19.1. The highest BCUT2D eigenvalue weighted by Crippen LogP contribution is 2.34. The van der Waals surface area contributed by atoms with Crippen LogP contribution in [-0.2, 0) is 11.2 Å². The van der Waals surface area contributed by atoms with Gasteiger partial charge in [0.15, 0.2) is 5.75 Å². The summed E-state index contributed by atoms with van der Waals surface area (Å²) in [5.41, 5.74) is 3.85. The second-order valence-electron chi connectivity index (χ2n) is 6.15. The summed E-state index contributed by atoms with van der Waals surface area (Å²) in [6.07, 6.45) is 1.61. The highest BCUT2D eigenvalue weighted by molar-refractivity contribution is 6.37. The fourth-order valence-electron chi connectivity index (χ4n) is 2.06. The lowest BCUT2D eigenvalue weighted by molar-refractivity contribution is -0.120. The van der Waals surface area contributed by atoms with Crippen LogP contribution in [0.15, 0.2) is 41.5 Å². The fourth-order valence-corrected chi connectivity index (χ4v) is 2.67. The van der Waals surface area contributed by atoms with E-state index in [4.69, 9.17) is 27.9 Å². The van der Waals surface area contributed by atoms with Crippen molar-refractivity contribution in [2.45, 2.75) is 20.3 Å². The molecule has 1 amide bonds. The van der Waals surface area contributed by atoms with Gasteiger partial charge in [0, 0.05) is 0 Å². The predicted molar refractivity (Wildman–Crippen MR) is 104 cm³/mol. The molecule has 2 aromatic carbocycles. The lowest BCUT2D eigenvalue weighted by Gasteiger charge is -2.12. The van der Waals surface area contributed by atoms with Crippen LogP contribution >= 0.6 is 23.2 Å². The summed E-state index contributed by atoms with van der Waals surface area (Å²) in [7, 11) is 0. The van der Waals surface area contributed by atoms with E-state index in [1.165, 1.54) is 18.3 Å². The Kier molecular flexibility index (Phi) is 7.30. The lowest BCUT2D eigenvalue weighted by atomic mass is 10.1. The molecule has 2 aromatic rings. The van der Waals surface area contributed by atoms with Crippen LogP contribution in [0.5, 0.6) is 11.5 Å². The molecule has 26 heavy (non-hydrogen) atoms. The number of nitrogens with one attached hydrogen (secondary N) is 1. The van der Waals surface area contributed by atoms with E-state index >= 15 is 0 Å². The monoisotopic (exact) mass is 394 g/mol. The van der Waals surface area contributed by atoms with Crippen molar-refractivity contribution in [3.63, 3.8) is 0 Å². The third-order valence-electron chi connectivity index (χ3n) is 3.29. The van der Waals surface area contributed by atoms with Gasteiger partial charge in [-0.05, 0) is 41.3 Å². The predicted octanol–water partition coefficient (Wildman–Crippen LogP) is 4.43. The summed E-state index contributed by atoms with van der Waals surface area (Å²) >= 11 is 12.4. The van der Waals surface area contributed by atoms with Gasteiger partial charge in [0.05, 0.1) is 29.3 Å². The SMILES string of the molecule is CC(C)COc1c(Cl)cc(/C=N\NC(=O)Cc2ccc(O)cc2)cc1Cl. The minimum absolute atomic E-state index is 0.154. The quantitative estimate of drug-likeness (QED) is 0.538. The fraction of sp³-hybridized carbons (Fsp3) is 0.263. The Morgan fingerprint density at radius 2 is 1.85 bits per heavy atom. The van der Waals surface area contributed by atoms with Crippen LogP contribution in [0.4, 0.5) is 0 Å². The number of phenols is 1. The van der Waals surface area contributed by atoms with Crippen LogP contribution in [0.1, 0.15) is 25.0 Å². The van der Waals surface area contributed by atoms with Gasteiger partial charge in [0.1, 0.15) is 5.75 Å². The number of rotatable bonds is 7. The maximum atomic E-state index is 11.9. The van der Waals surface area contributed by atoms with E-state index in [9.17, 15) is 9.90 Å². The highest BCUT2D eigenvalue weighted by Gasteiger charge is 2.10. The summed E-state index contributed by atoms with van der Waals surface area (Å²) in [4.78, 5) is 11.9. The number of benzene rings is 2. The first-order valence-corrected chi connectivity index (χ1v) is 8.82. The number of nitrogens with zero attached hydrogens (tertiary/aromatic N) is 1. The summed E-state index contributed by atoms with van der Waals surface area (Å²) in [5, 5.41) is 13.9. The lowest BCUT2D eigenvalue weighted by Crippen LogP contribution is -2.19. The standard InChI is InChI=1S/C19H20Cl2N2O3/c1-12(2)11-26-19-16(20)7-14(8-17(19)21)10-22-23-18(25)9-13-3-5-15(24)6-4-13/h3-8,10,12,24H,9,11H2,1-2H3,(H,23,25)/b22-10-. The first kappa shape index (κ1) is 20.1. The number of carbonyl (C=O) groups is 1. The molecule has 2 N–H and O–H groups in total. The van der Waals surface area contributed by atoms with E-state index < -0.39 is 0 Å². The summed E-state index contributed by atoms with van der Waals surface area (Å²) in [6, 6.07) is 9.73. The van der Waals surface area contributed by atoms with E-state index in [0.717, 1.165) is 5.56 Å². The first-order chi connectivity index (χ1) is 12.3. The normalized spacial score (nSPS) is 11.1. The molecular weight excluding hydrogens is 375 g/mol. The van der Waals surface area contributed by atoms with Crippen LogP contribution in [-0.4, -0.2) is 23.8 Å². The van der Waals surface area contributed by atoms with E-state index in [2.05, 4.69) is 10.5 Å². The van der Waals surface area contributed by atoms with Crippen molar-refractivity contribution in [1.82, 2.24) is 5.43 Å². The van der Waals surface area contributed by atoms with Crippen molar-refractivity contribution in [3.05, 3.63) is 57.6 Å². The number of aromatic hydroxyl groups is 1. The summed E-state index contributed by atoms with van der Waals surface area (Å²) in [5.74, 6) is 0.672. The number of halogens is 2. The number of ether oxygens (including phenoxy) is 1. The highest BCUT2D eigenvalue weighted by atomic mass is 35.5. The largest absolute Gasteiger partial charge is 0.508 e. The number of phenolic OH excluding ortho intramolecular Hbond substituents is 1. The van der Waals surface area contributed by atoms with Crippen molar-refractivity contribution in [1.29, 1.82) is 0 Å². The van der Waals surface area contributed by atoms with Gasteiger partial charge < -0.3 is 9.84 Å². The van der Waals surface area contributed by atoms with Gasteiger partial charge in [-0.25, -0.2) is 5.43 Å². The molecule has 0 saturated heterocycles. The molecule has 0 aromatic heterocycles. The molecule has 0 heterocycles. The van der Waals surface area contributed by atoms with Crippen LogP contribution < -0.4 is 10.2 Å². The van der Waals surface area contributed by atoms with Gasteiger partial charge in [-0.2, -0.15) is 5.10 Å². The molecule has 5 nitrogen and oxygen atoms in total. The van der Waals surface area contributed by atoms with Gasteiger partial charge in [0.2, 0.25) is 5.91 Å². The molecule has 0 saturated carbocycles. The smallest absolute Gasteiger partial charge is 0.244 e. The molecule has 0 radical (unpaired) electrons. The molecule has 0 unspecified atom stereocenters. The van der Waals surface area contributed by atoms with E-state index in [-0.39, 0.29) is 18.1 Å². The van der Waals surface area contributed by atoms with Crippen molar-refractivity contribution in [2.24, 2.45) is 11.0 Å². The van der Waals surface area contributed by atoms with Crippen molar-refractivity contribution in [2.75, 3.05) is 6.61 Å². The van der Waals surface area contributed by atoms with Gasteiger partial charge >= 0.3 is 0 Å². The Labute approximate surface area is 162 Å². The molecule has 0 aliphatic carbocycles. The number of hydrogen-bond acceptors (Lipinski definition) is 4. The van der Waals surface area contributed by atoms with Crippen molar-refractivity contribution >= 4 is 35.3 Å². The van der Waals surface area contributed by atoms with Crippen LogP contribution in [0, 0.1) is 5.92 Å². The van der Waals surface area contributed by atoms with E-state index in [1.807, 2.05) is 13.8 Å². The molecule has 0 aliphatic rings. The molecule has 0 atom stereocenters. The Bertz CT molecular complexity index is 767. The molecule has 0 aliphatic heterocycles. The van der Waals surface area contributed by atoms with Gasteiger partial charge in [-0.3, -0.25) is 4.79 Å². The number of hydrazone groups is 1. The average Bonchev–Trinajstić information content (AvgIpc) is 2.56. The molecule has 7 heteroatoms. The third-order valence-corrected chi connectivity index (χ3v) is 3.85. The average molecular weight is 395 g/mol. The molecule has 0 bridgehead atoms. The Morgan fingerprint density at radius 1 is 1.23 bits per heavy atom. The Balaban J connectivity index is 1.95. The molecule has 2 rings (SSSR count). The second-order valence-corrected chi connectivity index (χ2v) is 6.97. The zero-order valence-corrected chi connectivity index (χ0v) is 16.0. The second kappa shape index (κ2) is 9.46. The first-order valence-electron chi connectivity index (χ1n) is 8.07. The maximum absolute atomic E-state index is 11.9. The van der Waals surface area contributed by atoms with Crippen LogP contribution in [0.3, 0.4) is 0 Å². The van der Waals surface area contributed by atoms with Crippen LogP contribution in [0.25, 0.3) is 0 Å². The Hall–Kier alpha value is -2.24. The number of amides is 1. The molecule has 138 valence electrons. The molecule has 0 fully saturated rings. The van der Waals surface area contributed by atoms with Gasteiger partial charge in [0.25, 0.3) is 0 Å². The van der Waals surface area contributed by atoms with Crippen LogP contribution in [0.2, 0.25) is 10.0 Å². The Morgan fingerprint density at radius 3 is 2.42 bits per heavy atom. The van der Waals surface area contributed by atoms with Gasteiger partial charge in [-0.1, -0.05) is 49.2 Å². The van der Waals surface area contributed by atoms with Gasteiger partial charge in [-0.15, -0.1) is 0 Å².